The molecule has 7 rings (SSSR count). The van der Waals surface area contributed by atoms with E-state index in [-0.39, 0.29) is 35.6 Å². The number of aryl methyl sites for hydroxylation is 1. The third-order valence-electron chi connectivity index (χ3n) is 11.5. The fourth-order valence-corrected chi connectivity index (χ4v) is 18.8. The normalized spacial score (nSPS) is 20.1. The Kier molecular flexibility index (Phi) is 9.54. The first-order valence-corrected chi connectivity index (χ1v) is 21.0. The molecular formula is C44H50Cl2Zr. The first-order valence-electron chi connectivity index (χ1n) is 17.1. The van der Waals surface area contributed by atoms with Gasteiger partial charge in [-0.15, -0.1) is 0 Å². The van der Waals surface area contributed by atoms with Crippen LogP contribution in [0.25, 0.3) is 22.3 Å². The Bertz CT molecular complexity index is 1890. The van der Waals surface area contributed by atoms with E-state index >= 15 is 0 Å². The smallest absolute Gasteiger partial charge is 1.00 e. The van der Waals surface area contributed by atoms with Crippen LogP contribution in [0.4, 0.5) is 0 Å². The minimum absolute atomic E-state index is 0. The first-order chi connectivity index (χ1) is 21.1. The Hall–Kier alpha value is -2.05. The van der Waals surface area contributed by atoms with Gasteiger partial charge in [-0.05, 0) is 0 Å². The van der Waals surface area contributed by atoms with Crippen molar-refractivity contribution in [2.75, 3.05) is 0 Å². The summed E-state index contributed by atoms with van der Waals surface area (Å²) in [5.74, 6) is 1.04. The van der Waals surface area contributed by atoms with Gasteiger partial charge in [-0.1, -0.05) is 0 Å². The molecule has 0 aliphatic heterocycles. The molecule has 0 aromatic heterocycles. The van der Waals surface area contributed by atoms with E-state index in [1.165, 1.54) is 55.7 Å². The second-order valence-corrected chi connectivity index (χ2v) is 22.6. The van der Waals surface area contributed by atoms with Gasteiger partial charge in [-0.25, -0.2) is 0 Å². The molecule has 3 heteroatoms. The van der Waals surface area contributed by atoms with Crippen molar-refractivity contribution in [2.24, 2.45) is 11.8 Å². The fraction of sp³-hybridized carbons (Fsp3) is 0.386. The molecule has 0 spiro atoms. The van der Waals surface area contributed by atoms with E-state index < -0.39 is 21.3 Å². The van der Waals surface area contributed by atoms with Gasteiger partial charge in [0, 0.05) is 0 Å². The van der Waals surface area contributed by atoms with E-state index in [2.05, 4.69) is 150 Å². The van der Waals surface area contributed by atoms with Gasteiger partial charge in [-0.3, -0.25) is 0 Å². The van der Waals surface area contributed by atoms with E-state index in [4.69, 9.17) is 0 Å². The first kappa shape index (κ1) is 36.2. The summed E-state index contributed by atoms with van der Waals surface area (Å²) in [4.78, 5) is 0. The molecule has 1 atom stereocenters. The predicted octanol–water partition coefficient (Wildman–Crippen LogP) is 5.83. The molecule has 3 aromatic rings. The second-order valence-electron chi connectivity index (χ2n) is 16.0. The van der Waals surface area contributed by atoms with Crippen molar-refractivity contribution in [1.29, 1.82) is 0 Å². The largest absolute Gasteiger partial charge is 1.00 e. The van der Waals surface area contributed by atoms with Crippen LogP contribution in [-0.4, -0.2) is 3.21 Å². The van der Waals surface area contributed by atoms with E-state index in [1.807, 2.05) is 3.28 Å². The summed E-state index contributed by atoms with van der Waals surface area (Å²) in [5.41, 5.74) is 21.1. The molecule has 244 valence electrons. The fourth-order valence-electron chi connectivity index (χ4n) is 9.35. The minimum Gasteiger partial charge on any atom is -1.00 e. The number of rotatable bonds is 4. The number of hydrogen-bond acceptors (Lipinski definition) is 0. The molecule has 0 heterocycles. The van der Waals surface area contributed by atoms with Gasteiger partial charge in [-0.2, -0.15) is 0 Å². The van der Waals surface area contributed by atoms with Gasteiger partial charge in [0.1, 0.15) is 0 Å². The van der Waals surface area contributed by atoms with Crippen molar-refractivity contribution in [2.45, 2.75) is 97.5 Å². The molecule has 47 heavy (non-hydrogen) atoms. The number of fused-ring (bicyclic) bond motifs is 5. The number of hydrogen-bond donors (Lipinski definition) is 0. The van der Waals surface area contributed by atoms with Crippen LogP contribution in [0.3, 0.4) is 0 Å². The molecule has 0 fully saturated rings. The summed E-state index contributed by atoms with van der Waals surface area (Å²) in [5, 5.41) is 0. The minimum atomic E-state index is -2.67. The van der Waals surface area contributed by atoms with Gasteiger partial charge in [0.15, 0.2) is 0 Å². The van der Waals surface area contributed by atoms with Crippen molar-refractivity contribution in [3.8, 4) is 11.1 Å². The average Bonchev–Trinajstić information content (AvgIpc) is 3.59. The van der Waals surface area contributed by atoms with Crippen molar-refractivity contribution >= 4 is 14.4 Å². The van der Waals surface area contributed by atoms with Crippen molar-refractivity contribution in [3.63, 3.8) is 0 Å². The summed E-state index contributed by atoms with van der Waals surface area (Å²) < 4.78 is 3.95. The molecular weight excluding hydrogens is 691 g/mol. The van der Waals surface area contributed by atoms with Crippen LogP contribution in [0, 0.1) is 18.8 Å². The van der Waals surface area contributed by atoms with E-state index in [9.17, 15) is 0 Å². The molecule has 4 aliphatic rings. The molecule has 0 N–H and O–H groups in total. The second kappa shape index (κ2) is 12.4. The quantitative estimate of drug-likeness (QED) is 0.316. The topological polar surface area (TPSA) is 0 Å². The zero-order chi connectivity index (χ0) is 32.3. The Morgan fingerprint density at radius 3 is 1.60 bits per heavy atom. The molecule has 0 saturated heterocycles. The maximum absolute atomic E-state index is 2.68. The van der Waals surface area contributed by atoms with Crippen molar-refractivity contribution in [1.82, 2.24) is 0 Å². The third kappa shape index (κ3) is 5.56. The van der Waals surface area contributed by atoms with Crippen LogP contribution in [0.15, 0.2) is 81.2 Å². The summed E-state index contributed by atoms with van der Waals surface area (Å²) >= 11 is -2.67. The summed E-state index contributed by atoms with van der Waals surface area (Å²) in [6.07, 6.45) is 7.61. The Balaban J connectivity index is 0.00000217. The van der Waals surface area contributed by atoms with E-state index in [1.54, 1.807) is 25.5 Å². The molecule has 0 radical (unpaired) electrons. The standard InChI is InChI=1S/C25H25.C10H15.C9H10.2ClH.Zr/c1-14-12-24(3,4)22-8-16-7-17-9-23-19(15(2)13-25(23,5)6)11-21(17)20(16)10-18(14)22;1-7(2)10-6-8(3)5-9(10)4;1-3-9-6-4-8(2)5-7-9;;;/h7-13H,1-6H3;6-8H,1-4H3;4-7H,1-2H3;2*1H;/q;;;;;+2/p-2. The molecule has 0 nitrogen and oxygen atoms in total. The van der Waals surface area contributed by atoms with Crippen LogP contribution in [0.5, 0.6) is 0 Å². The van der Waals surface area contributed by atoms with Crippen LogP contribution in [0.1, 0.15) is 124 Å². The third-order valence-corrected chi connectivity index (χ3v) is 20.6. The zero-order valence-electron chi connectivity index (χ0n) is 30.3. The molecule has 0 amide bonds. The van der Waals surface area contributed by atoms with Gasteiger partial charge in [0.2, 0.25) is 0 Å². The SMILES string of the molecule is CC1=CC(C)(C)c2cc3c(cc21)-c1cc2c(cc1[CH]3/[Zr+2]([C]1=C(C)C(C(C)C)=CC1C)=[C](\C)c1ccc(C)cc1)C(C)(C)C=C2C.[Cl-].[Cl-]. The summed E-state index contributed by atoms with van der Waals surface area (Å²) in [7, 11) is 0. The molecule has 1 unspecified atom stereocenters. The van der Waals surface area contributed by atoms with Gasteiger partial charge < -0.3 is 24.8 Å². The summed E-state index contributed by atoms with van der Waals surface area (Å²) in [6, 6.07) is 20.0. The van der Waals surface area contributed by atoms with Crippen molar-refractivity contribution in [3.05, 3.63) is 126 Å². The Morgan fingerprint density at radius 2 is 1.17 bits per heavy atom. The number of benzene rings is 3. The van der Waals surface area contributed by atoms with Gasteiger partial charge in [0.25, 0.3) is 0 Å². The molecule has 3 aromatic carbocycles. The van der Waals surface area contributed by atoms with Crippen LogP contribution >= 0.6 is 0 Å². The van der Waals surface area contributed by atoms with Gasteiger partial charge >= 0.3 is 282 Å². The Labute approximate surface area is 304 Å². The van der Waals surface area contributed by atoms with Gasteiger partial charge in [0.05, 0.1) is 0 Å². The zero-order valence-corrected chi connectivity index (χ0v) is 34.3. The average molecular weight is 741 g/mol. The monoisotopic (exact) mass is 738 g/mol. The number of halogens is 2. The Morgan fingerprint density at radius 1 is 0.702 bits per heavy atom. The van der Waals surface area contributed by atoms with Crippen molar-refractivity contribution < 1.29 is 46.1 Å². The van der Waals surface area contributed by atoms with Crippen LogP contribution in [0.2, 0.25) is 0 Å². The molecule has 4 aliphatic carbocycles. The van der Waals surface area contributed by atoms with E-state index in [0.29, 0.717) is 15.5 Å². The molecule has 0 bridgehead atoms. The van der Waals surface area contributed by atoms with Crippen LogP contribution < -0.4 is 24.8 Å². The predicted molar refractivity (Wildman–Crippen MR) is 193 cm³/mol. The van der Waals surface area contributed by atoms with E-state index in [0.717, 1.165) is 0 Å². The summed E-state index contributed by atoms with van der Waals surface area (Å²) in [6.45, 7) is 28.7. The molecule has 0 saturated carbocycles. The van der Waals surface area contributed by atoms with Crippen LogP contribution in [-0.2, 0) is 32.1 Å². The maximum Gasteiger partial charge on any atom is -1.00 e. The number of allylic oxidation sites excluding steroid dienone is 8. The maximum atomic E-state index is 2.68.